The molecule has 1 aliphatic rings. The van der Waals surface area contributed by atoms with Crippen LogP contribution in [0.1, 0.15) is 17.0 Å². The van der Waals surface area contributed by atoms with Gasteiger partial charge in [-0.15, -0.1) is 0 Å². The lowest BCUT2D eigenvalue weighted by Gasteiger charge is -2.18. The molecule has 1 N–H and O–H groups in total. The zero-order chi connectivity index (χ0) is 17.6. The van der Waals surface area contributed by atoms with Gasteiger partial charge in [0.15, 0.2) is 16.7 Å². The van der Waals surface area contributed by atoms with Crippen LogP contribution in [0.5, 0.6) is 11.5 Å². The first-order chi connectivity index (χ1) is 12.1. The van der Waals surface area contributed by atoms with Gasteiger partial charge in [-0.2, -0.15) is 5.10 Å². The van der Waals surface area contributed by atoms with Gasteiger partial charge in [0.2, 0.25) is 0 Å². The molecule has 0 spiro atoms. The molecule has 0 bridgehead atoms. The van der Waals surface area contributed by atoms with E-state index in [0.717, 1.165) is 22.7 Å². The number of hydrogen-bond donors (Lipinski definition) is 1. The van der Waals surface area contributed by atoms with Crippen LogP contribution in [-0.2, 0) is 4.79 Å². The highest BCUT2D eigenvalue weighted by Crippen LogP contribution is 2.30. The van der Waals surface area contributed by atoms with Gasteiger partial charge in [0, 0.05) is 11.4 Å². The average Bonchev–Trinajstić information content (AvgIpc) is 2.59. The summed E-state index contributed by atoms with van der Waals surface area (Å²) in [6.07, 6.45) is 1.56. The van der Waals surface area contributed by atoms with Crippen molar-refractivity contribution in [1.29, 1.82) is 0 Å². The highest BCUT2D eigenvalue weighted by atomic mass is 32.2. The molecular formula is C17H18N4O3S. The van der Waals surface area contributed by atoms with Crippen molar-refractivity contribution in [2.75, 3.05) is 19.0 Å². The lowest BCUT2D eigenvalue weighted by molar-refractivity contribution is -0.118. The van der Waals surface area contributed by atoms with Crippen LogP contribution >= 0.6 is 11.8 Å². The van der Waals surface area contributed by atoms with E-state index < -0.39 is 0 Å². The van der Waals surface area contributed by atoms with Crippen LogP contribution in [0.15, 0.2) is 34.5 Å². The fourth-order valence-electron chi connectivity index (χ4n) is 2.24. The van der Waals surface area contributed by atoms with E-state index in [1.807, 2.05) is 38.1 Å². The number of carbonyl (C=O) groups is 1. The van der Waals surface area contributed by atoms with Gasteiger partial charge < -0.3 is 9.47 Å². The molecule has 1 aliphatic heterocycles. The van der Waals surface area contributed by atoms with Gasteiger partial charge in [0.25, 0.3) is 5.91 Å². The van der Waals surface area contributed by atoms with Crippen molar-refractivity contribution in [3.8, 4) is 11.5 Å². The monoisotopic (exact) mass is 358 g/mol. The van der Waals surface area contributed by atoms with E-state index in [0.29, 0.717) is 24.1 Å². The van der Waals surface area contributed by atoms with Gasteiger partial charge in [-0.25, -0.2) is 15.4 Å². The number of hydrazone groups is 1. The number of thioether (sulfide) groups is 1. The summed E-state index contributed by atoms with van der Waals surface area (Å²) in [5.41, 5.74) is 5.07. The number of ether oxygens (including phenoxy) is 2. The molecule has 1 aromatic carbocycles. The largest absolute Gasteiger partial charge is 0.486 e. The van der Waals surface area contributed by atoms with E-state index in [4.69, 9.17) is 9.47 Å². The minimum Gasteiger partial charge on any atom is -0.486 e. The summed E-state index contributed by atoms with van der Waals surface area (Å²) < 4.78 is 11.0. The number of hydrogen-bond acceptors (Lipinski definition) is 7. The number of amides is 1. The fraction of sp³-hybridized carbons (Fsp3) is 0.294. The van der Waals surface area contributed by atoms with Crippen molar-refractivity contribution in [3.63, 3.8) is 0 Å². The summed E-state index contributed by atoms with van der Waals surface area (Å²) >= 11 is 1.28. The molecule has 0 unspecified atom stereocenters. The lowest BCUT2D eigenvalue weighted by atomic mass is 10.2. The van der Waals surface area contributed by atoms with Crippen LogP contribution in [0.2, 0.25) is 0 Å². The van der Waals surface area contributed by atoms with Crippen LogP contribution in [0.25, 0.3) is 0 Å². The summed E-state index contributed by atoms with van der Waals surface area (Å²) in [6, 6.07) is 7.39. The normalized spacial score (nSPS) is 13.0. The van der Waals surface area contributed by atoms with Crippen molar-refractivity contribution < 1.29 is 14.3 Å². The Bertz CT molecular complexity index is 790. The van der Waals surface area contributed by atoms with E-state index in [2.05, 4.69) is 20.5 Å². The summed E-state index contributed by atoms with van der Waals surface area (Å²) in [5.74, 6) is 1.38. The predicted octanol–water partition coefficient (Wildman–Crippen LogP) is 2.11. The first kappa shape index (κ1) is 17.2. The van der Waals surface area contributed by atoms with Gasteiger partial charge in [0.1, 0.15) is 13.2 Å². The van der Waals surface area contributed by atoms with Crippen LogP contribution < -0.4 is 14.9 Å². The predicted molar refractivity (Wildman–Crippen MR) is 95.4 cm³/mol. The zero-order valence-corrected chi connectivity index (χ0v) is 14.8. The zero-order valence-electron chi connectivity index (χ0n) is 14.0. The second-order valence-corrected chi connectivity index (χ2v) is 6.36. The Balaban J connectivity index is 1.51. The minimum atomic E-state index is -0.221. The van der Waals surface area contributed by atoms with Crippen LogP contribution in [0.4, 0.5) is 0 Å². The number of fused-ring (bicyclic) bond motifs is 1. The molecule has 0 saturated carbocycles. The van der Waals surface area contributed by atoms with Crippen molar-refractivity contribution in [2.24, 2.45) is 5.10 Å². The fourth-order valence-corrected chi connectivity index (χ4v) is 2.98. The van der Waals surface area contributed by atoms with Gasteiger partial charge >= 0.3 is 0 Å². The van der Waals surface area contributed by atoms with E-state index in [1.54, 1.807) is 6.21 Å². The van der Waals surface area contributed by atoms with Gasteiger partial charge in [0.05, 0.1) is 12.0 Å². The van der Waals surface area contributed by atoms with Crippen molar-refractivity contribution in [2.45, 2.75) is 19.0 Å². The Morgan fingerprint density at radius 3 is 2.68 bits per heavy atom. The second kappa shape index (κ2) is 7.98. The molecule has 2 heterocycles. The molecule has 8 heteroatoms. The molecule has 25 heavy (non-hydrogen) atoms. The highest BCUT2D eigenvalue weighted by molar-refractivity contribution is 7.99. The van der Waals surface area contributed by atoms with Crippen LogP contribution in [0.3, 0.4) is 0 Å². The van der Waals surface area contributed by atoms with E-state index in [-0.39, 0.29) is 11.7 Å². The molecule has 2 aromatic rings. The third-order valence-electron chi connectivity index (χ3n) is 3.26. The third-order valence-corrected chi connectivity index (χ3v) is 4.11. The highest BCUT2D eigenvalue weighted by Gasteiger charge is 2.11. The first-order valence-corrected chi connectivity index (χ1v) is 8.75. The molecule has 130 valence electrons. The minimum absolute atomic E-state index is 0.196. The van der Waals surface area contributed by atoms with Gasteiger partial charge in [-0.3, -0.25) is 4.79 Å². The molecule has 3 rings (SSSR count). The number of aromatic nitrogens is 2. The van der Waals surface area contributed by atoms with E-state index in [9.17, 15) is 4.79 Å². The lowest BCUT2D eigenvalue weighted by Crippen LogP contribution is -2.20. The average molecular weight is 358 g/mol. The number of rotatable bonds is 5. The topological polar surface area (TPSA) is 85.7 Å². The van der Waals surface area contributed by atoms with Gasteiger partial charge in [-0.05, 0) is 43.7 Å². The number of benzene rings is 1. The Kier molecular flexibility index (Phi) is 5.49. The molecule has 0 radical (unpaired) electrons. The Labute approximate surface area is 149 Å². The van der Waals surface area contributed by atoms with Crippen LogP contribution in [-0.4, -0.2) is 41.1 Å². The Morgan fingerprint density at radius 2 is 1.92 bits per heavy atom. The number of nitrogens with zero attached hydrogens (tertiary/aromatic N) is 3. The maximum atomic E-state index is 11.9. The molecule has 1 amide bonds. The molecule has 7 nitrogen and oxygen atoms in total. The van der Waals surface area contributed by atoms with Crippen molar-refractivity contribution >= 4 is 23.9 Å². The van der Waals surface area contributed by atoms with E-state index in [1.165, 1.54) is 11.8 Å². The molecule has 0 fully saturated rings. The molecule has 0 aliphatic carbocycles. The quantitative estimate of drug-likeness (QED) is 0.381. The molecule has 0 atom stereocenters. The SMILES string of the molecule is Cc1cc(C)nc(SCC(=O)N/N=C\c2ccc3c(c2)OCCO3)n1. The third kappa shape index (κ3) is 4.93. The maximum absolute atomic E-state index is 11.9. The van der Waals surface area contributed by atoms with Crippen molar-refractivity contribution in [1.82, 2.24) is 15.4 Å². The summed E-state index contributed by atoms with van der Waals surface area (Å²) in [5, 5.41) is 4.55. The number of aryl methyl sites for hydroxylation is 2. The molecule has 0 saturated heterocycles. The Morgan fingerprint density at radius 1 is 1.20 bits per heavy atom. The second-order valence-electron chi connectivity index (χ2n) is 5.42. The Hall–Kier alpha value is -2.61. The van der Waals surface area contributed by atoms with Crippen LogP contribution in [0, 0.1) is 13.8 Å². The van der Waals surface area contributed by atoms with E-state index >= 15 is 0 Å². The standard InChI is InChI=1S/C17H18N4O3S/c1-11-7-12(2)20-17(19-11)25-10-16(22)21-18-9-13-3-4-14-15(8-13)24-6-5-23-14/h3-4,7-9H,5-6,10H2,1-2H3,(H,21,22)/b18-9-. The van der Waals surface area contributed by atoms with Gasteiger partial charge in [-0.1, -0.05) is 11.8 Å². The number of nitrogens with one attached hydrogen (secondary N) is 1. The smallest absolute Gasteiger partial charge is 0.250 e. The summed E-state index contributed by atoms with van der Waals surface area (Å²) in [7, 11) is 0. The van der Waals surface area contributed by atoms with Crippen molar-refractivity contribution in [3.05, 3.63) is 41.2 Å². The summed E-state index contributed by atoms with van der Waals surface area (Å²) in [4.78, 5) is 20.4. The number of carbonyl (C=O) groups excluding carboxylic acids is 1. The summed E-state index contributed by atoms with van der Waals surface area (Å²) in [6.45, 7) is 4.88. The molecule has 1 aromatic heterocycles. The first-order valence-electron chi connectivity index (χ1n) is 7.77. The maximum Gasteiger partial charge on any atom is 0.250 e. The molecular weight excluding hydrogens is 340 g/mol.